The molecule has 2 aromatic heterocycles. The maximum atomic E-state index is 2.40. The Hall–Kier alpha value is -5.74. The topological polar surface area (TPSA) is 3.24 Å². The number of thiophene rings is 2. The number of fused-ring (bicyclic) bond motifs is 7. The number of benzene rings is 8. The van der Waals surface area contributed by atoms with Crippen LogP contribution in [-0.2, 0) is 0 Å². The number of rotatable bonds is 5. The Labute approximate surface area is 292 Å². The molecule has 3 heteroatoms. The molecule has 1 nitrogen and oxygen atoms in total. The van der Waals surface area contributed by atoms with E-state index in [1.54, 1.807) is 0 Å². The molecule has 8 aromatic carbocycles. The Bertz CT molecular complexity index is 2830. The Morgan fingerprint density at radius 3 is 1.63 bits per heavy atom. The third-order valence-corrected chi connectivity index (χ3v) is 11.9. The highest BCUT2D eigenvalue weighted by atomic mass is 32.1. The Balaban J connectivity index is 1.10. The first-order chi connectivity index (χ1) is 24.3. The molecule has 0 radical (unpaired) electrons. The van der Waals surface area contributed by atoms with Gasteiger partial charge in [-0.3, -0.25) is 0 Å². The van der Waals surface area contributed by atoms with Gasteiger partial charge < -0.3 is 4.90 Å². The van der Waals surface area contributed by atoms with Crippen LogP contribution in [0.1, 0.15) is 0 Å². The van der Waals surface area contributed by atoms with E-state index in [4.69, 9.17) is 0 Å². The van der Waals surface area contributed by atoms with Gasteiger partial charge in [0.1, 0.15) is 0 Å². The van der Waals surface area contributed by atoms with Crippen molar-refractivity contribution in [3.8, 4) is 22.3 Å². The minimum atomic E-state index is 1.13. The van der Waals surface area contributed by atoms with Crippen LogP contribution in [0.4, 0.5) is 17.1 Å². The zero-order valence-electron chi connectivity index (χ0n) is 26.5. The average molecular weight is 660 g/mol. The minimum Gasteiger partial charge on any atom is -0.310 e. The summed E-state index contributed by atoms with van der Waals surface area (Å²) in [5.74, 6) is 0. The Morgan fingerprint density at radius 1 is 0.306 bits per heavy atom. The lowest BCUT2D eigenvalue weighted by Gasteiger charge is -2.26. The third-order valence-electron chi connectivity index (χ3n) is 9.66. The number of nitrogens with zero attached hydrogens (tertiary/aromatic N) is 1. The highest BCUT2D eigenvalue weighted by Crippen LogP contribution is 2.43. The van der Waals surface area contributed by atoms with E-state index in [2.05, 4.69) is 181 Å². The van der Waals surface area contributed by atoms with Crippen molar-refractivity contribution < 1.29 is 0 Å². The van der Waals surface area contributed by atoms with Crippen LogP contribution in [0.25, 0.3) is 73.4 Å². The molecule has 2 heterocycles. The molecular weight excluding hydrogens is 631 g/mol. The van der Waals surface area contributed by atoms with E-state index < -0.39 is 0 Å². The molecule has 0 spiro atoms. The Morgan fingerprint density at radius 2 is 0.857 bits per heavy atom. The normalized spacial score (nSPS) is 11.7. The van der Waals surface area contributed by atoms with Gasteiger partial charge in [0, 0.05) is 57.4 Å². The molecule has 0 aliphatic heterocycles. The first kappa shape index (κ1) is 28.3. The van der Waals surface area contributed by atoms with Gasteiger partial charge >= 0.3 is 0 Å². The molecule has 0 bridgehead atoms. The number of hydrogen-bond donors (Lipinski definition) is 0. The van der Waals surface area contributed by atoms with Crippen LogP contribution < -0.4 is 4.90 Å². The van der Waals surface area contributed by atoms with Gasteiger partial charge in [0.25, 0.3) is 0 Å². The molecule has 0 aliphatic carbocycles. The van der Waals surface area contributed by atoms with E-state index in [0.29, 0.717) is 0 Å². The lowest BCUT2D eigenvalue weighted by molar-refractivity contribution is 1.29. The van der Waals surface area contributed by atoms with E-state index in [0.717, 1.165) is 17.1 Å². The second-order valence-electron chi connectivity index (χ2n) is 12.5. The molecule has 0 saturated carbocycles. The first-order valence-electron chi connectivity index (χ1n) is 16.6. The summed E-state index contributed by atoms with van der Waals surface area (Å²) in [6.07, 6.45) is 0. The highest BCUT2D eigenvalue weighted by molar-refractivity contribution is 7.26. The van der Waals surface area contributed by atoms with Crippen molar-refractivity contribution >= 4 is 90.9 Å². The molecule has 0 aliphatic rings. The first-order valence-corrected chi connectivity index (χ1v) is 18.2. The molecular formula is C46H29NS2. The predicted octanol–water partition coefficient (Wildman–Crippen LogP) is 14.4. The molecule has 0 amide bonds. The van der Waals surface area contributed by atoms with Crippen LogP contribution in [-0.4, -0.2) is 0 Å². The fraction of sp³-hybridized carbons (Fsp3) is 0. The molecule has 10 rings (SSSR count). The maximum absolute atomic E-state index is 2.40. The summed E-state index contributed by atoms with van der Waals surface area (Å²) < 4.78 is 5.27. The van der Waals surface area contributed by atoms with Crippen LogP contribution in [0.3, 0.4) is 0 Å². The van der Waals surface area contributed by atoms with Crippen molar-refractivity contribution in [3.63, 3.8) is 0 Å². The minimum absolute atomic E-state index is 1.13. The highest BCUT2D eigenvalue weighted by Gasteiger charge is 2.17. The summed E-state index contributed by atoms with van der Waals surface area (Å²) in [7, 11) is 0. The SMILES string of the molecule is c1cc(-c2cccc3ccccc23)cc(N(c2ccc(-c3ccc4c(c3)sc3ccccc34)cc2)c2ccc3c(c2)sc2ccccc23)c1. The summed E-state index contributed by atoms with van der Waals surface area (Å²) in [6.45, 7) is 0. The van der Waals surface area contributed by atoms with Crippen molar-refractivity contribution in [2.24, 2.45) is 0 Å². The summed E-state index contributed by atoms with van der Waals surface area (Å²) in [5.41, 5.74) is 8.30. The van der Waals surface area contributed by atoms with Gasteiger partial charge in [0.15, 0.2) is 0 Å². The summed E-state index contributed by atoms with van der Waals surface area (Å²) >= 11 is 3.73. The van der Waals surface area contributed by atoms with Gasteiger partial charge in [0.05, 0.1) is 0 Å². The predicted molar refractivity (Wildman–Crippen MR) is 215 cm³/mol. The van der Waals surface area contributed by atoms with Crippen LogP contribution in [0.2, 0.25) is 0 Å². The molecule has 230 valence electrons. The molecule has 10 aromatic rings. The van der Waals surface area contributed by atoms with Crippen LogP contribution >= 0.6 is 22.7 Å². The number of anilines is 3. The van der Waals surface area contributed by atoms with Crippen molar-refractivity contribution in [1.29, 1.82) is 0 Å². The van der Waals surface area contributed by atoms with Gasteiger partial charge in [-0.1, -0.05) is 121 Å². The average Bonchev–Trinajstić information content (AvgIpc) is 3.73. The lowest BCUT2D eigenvalue weighted by Crippen LogP contribution is -2.10. The monoisotopic (exact) mass is 659 g/mol. The van der Waals surface area contributed by atoms with Gasteiger partial charge in [0.2, 0.25) is 0 Å². The fourth-order valence-electron chi connectivity index (χ4n) is 7.30. The molecule has 0 unspecified atom stereocenters. The van der Waals surface area contributed by atoms with Crippen molar-refractivity contribution in [1.82, 2.24) is 0 Å². The van der Waals surface area contributed by atoms with Crippen LogP contribution in [0, 0.1) is 0 Å². The van der Waals surface area contributed by atoms with E-state index in [9.17, 15) is 0 Å². The van der Waals surface area contributed by atoms with Crippen LogP contribution in [0.15, 0.2) is 176 Å². The molecule has 49 heavy (non-hydrogen) atoms. The van der Waals surface area contributed by atoms with Gasteiger partial charge in [-0.15, -0.1) is 22.7 Å². The van der Waals surface area contributed by atoms with E-state index >= 15 is 0 Å². The zero-order chi connectivity index (χ0) is 32.3. The van der Waals surface area contributed by atoms with E-state index in [1.165, 1.54) is 73.4 Å². The van der Waals surface area contributed by atoms with Crippen molar-refractivity contribution in [3.05, 3.63) is 176 Å². The smallest absolute Gasteiger partial charge is 0.0476 e. The van der Waals surface area contributed by atoms with Crippen molar-refractivity contribution in [2.45, 2.75) is 0 Å². The van der Waals surface area contributed by atoms with Gasteiger partial charge in [-0.25, -0.2) is 0 Å². The second-order valence-corrected chi connectivity index (χ2v) is 14.7. The largest absolute Gasteiger partial charge is 0.310 e. The van der Waals surface area contributed by atoms with E-state index in [-0.39, 0.29) is 0 Å². The molecule has 0 saturated heterocycles. The molecule has 0 N–H and O–H groups in total. The maximum Gasteiger partial charge on any atom is 0.0476 e. The summed E-state index contributed by atoms with van der Waals surface area (Å²) in [6, 6.07) is 64.5. The van der Waals surface area contributed by atoms with Crippen LogP contribution in [0.5, 0.6) is 0 Å². The second kappa shape index (κ2) is 11.5. The standard InChI is InChI=1S/C46H29NS2/c1-2-13-37-31(9-1)10-8-16-38(37)33-11-7-12-35(27-33)47(36-24-26-42-40-15-4-6-18-44(40)49-46(42)29-36)34-22-19-30(20-23-34)32-21-25-41-39-14-3-5-17-43(39)48-45(41)28-32/h1-29H. The van der Waals surface area contributed by atoms with E-state index in [1.807, 2.05) is 22.7 Å². The fourth-order valence-corrected chi connectivity index (χ4v) is 9.58. The van der Waals surface area contributed by atoms with Crippen molar-refractivity contribution in [2.75, 3.05) is 4.90 Å². The zero-order valence-corrected chi connectivity index (χ0v) is 28.1. The summed E-state index contributed by atoms with van der Waals surface area (Å²) in [5, 5.41) is 7.80. The van der Waals surface area contributed by atoms with Gasteiger partial charge in [-0.05, 0) is 87.6 Å². The number of hydrogen-bond acceptors (Lipinski definition) is 3. The third kappa shape index (κ3) is 4.82. The summed E-state index contributed by atoms with van der Waals surface area (Å²) in [4.78, 5) is 2.40. The molecule has 0 fully saturated rings. The Kier molecular flexibility index (Phi) is 6.61. The molecule has 0 atom stereocenters. The quantitative estimate of drug-likeness (QED) is 0.178. The van der Waals surface area contributed by atoms with Gasteiger partial charge in [-0.2, -0.15) is 0 Å². The lowest BCUT2D eigenvalue weighted by atomic mass is 9.97.